The lowest BCUT2D eigenvalue weighted by Crippen LogP contribution is -2.12. The van der Waals surface area contributed by atoms with Gasteiger partial charge in [0.15, 0.2) is 0 Å². The molecule has 0 aliphatic rings. The Morgan fingerprint density at radius 3 is 1.73 bits per heavy atom. The zero-order chi connectivity index (χ0) is 33.1. The van der Waals surface area contributed by atoms with E-state index in [4.69, 9.17) is 4.42 Å². The molecular weight excluding hydrogens is 597 g/mol. The molecule has 0 radical (unpaired) electrons. The third kappa shape index (κ3) is 4.98. The van der Waals surface area contributed by atoms with Crippen molar-refractivity contribution in [3.63, 3.8) is 0 Å². The van der Waals surface area contributed by atoms with Crippen LogP contribution >= 0.6 is 0 Å². The van der Waals surface area contributed by atoms with E-state index in [1.165, 1.54) is 33.2 Å². The number of fused-ring (bicyclic) bond motifs is 6. The molecule has 0 spiro atoms. The van der Waals surface area contributed by atoms with Crippen LogP contribution < -0.4 is 5.32 Å². The minimum Gasteiger partial charge on any atom is -0.456 e. The number of furan rings is 1. The lowest BCUT2D eigenvalue weighted by atomic mass is 9.82. The molecule has 3 nitrogen and oxygen atoms in total. The maximum atomic E-state index is 6.39. The largest absolute Gasteiger partial charge is 0.456 e. The molecule has 0 aliphatic heterocycles. The second-order valence-corrected chi connectivity index (χ2v) is 13.9. The molecule has 0 atom stereocenters. The van der Waals surface area contributed by atoms with E-state index in [9.17, 15) is 0 Å². The van der Waals surface area contributed by atoms with Crippen molar-refractivity contribution in [2.75, 3.05) is 5.32 Å². The second kappa shape index (κ2) is 11.3. The smallest absolute Gasteiger partial charge is 0.136 e. The van der Waals surface area contributed by atoms with Crippen molar-refractivity contribution in [2.24, 2.45) is 0 Å². The lowest BCUT2D eigenvalue weighted by molar-refractivity contribution is 0.591. The van der Waals surface area contributed by atoms with E-state index < -0.39 is 0 Å². The van der Waals surface area contributed by atoms with Gasteiger partial charge >= 0.3 is 0 Å². The maximum Gasteiger partial charge on any atom is 0.136 e. The highest BCUT2D eigenvalue weighted by atomic mass is 16.3. The highest BCUT2D eigenvalue weighted by Crippen LogP contribution is 2.44. The summed E-state index contributed by atoms with van der Waals surface area (Å²) in [4.78, 5) is 0. The van der Waals surface area contributed by atoms with Gasteiger partial charge in [0.05, 0.1) is 16.7 Å². The van der Waals surface area contributed by atoms with Crippen LogP contribution in [-0.4, -0.2) is 4.57 Å². The first kappa shape index (κ1) is 29.1. The van der Waals surface area contributed by atoms with Crippen molar-refractivity contribution in [1.29, 1.82) is 0 Å². The van der Waals surface area contributed by atoms with Gasteiger partial charge in [-0.15, -0.1) is 0 Å². The molecule has 0 saturated heterocycles. The number of hydrogen-bond donors (Lipinski definition) is 1. The fourth-order valence-corrected chi connectivity index (χ4v) is 7.22. The molecule has 0 amide bonds. The van der Waals surface area contributed by atoms with E-state index in [0.29, 0.717) is 0 Å². The molecule has 9 aromatic rings. The molecule has 0 fully saturated rings. The molecule has 2 heterocycles. The van der Waals surface area contributed by atoms with E-state index in [0.717, 1.165) is 55.4 Å². The van der Waals surface area contributed by atoms with Gasteiger partial charge in [-0.25, -0.2) is 0 Å². The molecule has 3 heteroatoms. The fraction of sp³-hybridized carbons (Fsp3) is 0.0870. The zero-order valence-electron chi connectivity index (χ0n) is 27.9. The van der Waals surface area contributed by atoms with Gasteiger partial charge in [-0.1, -0.05) is 118 Å². The maximum absolute atomic E-state index is 6.39. The van der Waals surface area contributed by atoms with Crippen molar-refractivity contribution in [1.82, 2.24) is 4.57 Å². The normalized spacial score (nSPS) is 12.0. The van der Waals surface area contributed by atoms with Crippen LogP contribution in [0.5, 0.6) is 0 Å². The molecule has 0 aliphatic carbocycles. The van der Waals surface area contributed by atoms with Crippen LogP contribution in [0.2, 0.25) is 0 Å². The topological polar surface area (TPSA) is 30.1 Å². The minimum atomic E-state index is -0.0221. The van der Waals surface area contributed by atoms with E-state index in [1.54, 1.807) is 0 Å². The monoisotopic (exact) mass is 632 g/mol. The van der Waals surface area contributed by atoms with Crippen molar-refractivity contribution in [3.8, 4) is 27.9 Å². The number of aromatic nitrogens is 1. The summed E-state index contributed by atoms with van der Waals surface area (Å²) < 4.78 is 8.77. The SMILES string of the molecule is CC(C)(C)c1cc(-c2ccccc2)c(Nc2ccc3c(c2)c2cc4oc5ccccc5c4cc2n3-c2ccccc2)c(-c2ccccc2)c1. The van der Waals surface area contributed by atoms with Gasteiger partial charge in [0.1, 0.15) is 11.2 Å². The van der Waals surface area contributed by atoms with Gasteiger partial charge in [-0.2, -0.15) is 0 Å². The molecule has 1 N–H and O–H groups in total. The first-order valence-electron chi connectivity index (χ1n) is 16.9. The fourth-order valence-electron chi connectivity index (χ4n) is 7.22. The Hall–Kier alpha value is -6.06. The second-order valence-electron chi connectivity index (χ2n) is 13.9. The number of benzene rings is 7. The number of anilines is 2. The van der Waals surface area contributed by atoms with E-state index in [2.05, 4.69) is 176 Å². The molecule has 0 saturated carbocycles. The zero-order valence-corrected chi connectivity index (χ0v) is 27.9. The summed E-state index contributed by atoms with van der Waals surface area (Å²) in [6, 6.07) is 56.4. The first-order valence-corrected chi connectivity index (χ1v) is 16.9. The predicted octanol–water partition coefficient (Wildman–Crippen LogP) is 13.1. The summed E-state index contributed by atoms with van der Waals surface area (Å²) in [7, 11) is 0. The number of nitrogens with zero attached hydrogens (tertiary/aromatic N) is 1. The van der Waals surface area contributed by atoms with Gasteiger partial charge in [0.2, 0.25) is 0 Å². The third-order valence-corrected chi connectivity index (χ3v) is 9.72. The molecule has 236 valence electrons. The van der Waals surface area contributed by atoms with Crippen LogP contribution in [-0.2, 0) is 5.41 Å². The number of para-hydroxylation sites is 2. The highest BCUT2D eigenvalue weighted by Gasteiger charge is 2.22. The molecule has 49 heavy (non-hydrogen) atoms. The summed E-state index contributed by atoms with van der Waals surface area (Å²) in [5.74, 6) is 0. The van der Waals surface area contributed by atoms with Crippen LogP contribution in [0, 0.1) is 0 Å². The minimum absolute atomic E-state index is 0.0221. The number of hydrogen-bond acceptors (Lipinski definition) is 2. The standard InChI is InChI=1S/C46H36N2O/c1-46(2,3)32-25-36(30-15-7-4-8-16-30)45(37(26-32)31-17-9-5-10-18-31)47-33-23-24-41-38(27-33)39-29-44-40(35-21-13-14-22-43(35)49-44)28-42(39)48(41)34-19-11-6-12-20-34/h4-29,47H,1-3H3. The van der Waals surface area contributed by atoms with Crippen LogP contribution in [0.4, 0.5) is 11.4 Å². The Kier molecular flexibility index (Phi) is 6.70. The Labute approximate surface area is 286 Å². The number of rotatable bonds is 5. The summed E-state index contributed by atoms with van der Waals surface area (Å²) in [5, 5.41) is 8.53. The predicted molar refractivity (Wildman–Crippen MR) is 207 cm³/mol. The van der Waals surface area contributed by atoms with Crippen LogP contribution in [0.3, 0.4) is 0 Å². The van der Waals surface area contributed by atoms with Crippen molar-refractivity contribution < 1.29 is 4.42 Å². The van der Waals surface area contributed by atoms with E-state index >= 15 is 0 Å². The number of nitrogens with one attached hydrogen (secondary N) is 1. The van der Waals surface area contributed by atoms with Gasteiger partial charge in [-0.05, 0) is 82.8 Å². The van der Waals surface area contributed by atoms with Crippen LogP contribution in [0.25, 0.3) is 71.7 Å². The molecule has 7 aromatic carbocycles. The Morgan fingerprint density at radius 2 is 1.08 bits per heavy atom. The van der Waals surface area contributed by atoms with Crippen molar-refractivity contribution in [3.05, 3.63) is 163 Å². The van der Waals surface area contributed by atoms with Crippen LogP contribution in [0.1, 0.15) is 26.3 Å². The Bertz CT molecular complexity index is 2580. The highest BCUT2D eigenvalue weighted by molar-refractivity contribution is 6.17. The Balaban J connectivity index is 1.30. The van der Waals surface area contributed by atoms with E-state index in [1.807, 2.05) is 12.1 Å². The quantitative estimate of drug-likeness (QED) is 0.205. The average Bonchev–Trinajstić information content (AvgIpc) is 3.65. The molecule has 9 rings (SSSR count). The summed E-state index contributed by atoms with van der Waals surface area (Å²) in [6.45, 7) is 6.86. The lowest BCUT2D eigenvalue weighted by Gasteiger charge is -2.25. The van der Waals surface area contributed by atoms with Crippen LogP contribution in [0.15, 0.2) is 162 Å². The van der Waals surface area contributed by atoms with Gasteiger partial charge in [-0.3, -0.25) is 0 Å². The summed E-state index contributed by atoms with van der Waals surface area (Å²) in [6.07, 6.45) is 0. The summed E-state index contributed by atoms with van der Waals surface area (Å²) in [5.41, 5.74) is 13.4. The third-order valence-electron chi connectivity index (χ3n) is 9.72. The molecule has 0 unspecified atom stereocenters. The van der Waals surface area contributed by atoms with Crippen molar-refractivity contribution in [2.45, 2.75) is 26.2 Å². The average molecular weight is 633 g/mol. The van der Waals surface area contributed by atoms with Gasteiger partial charge < -0.3 is 14.3 Å². The van der Waals surface area contributed by atoms with Gasteiger partial charge in [0.25, 0.3) is 0 Å². The molecular formula is C46H36N2O. The van der Waals surface area contributed by atoms with E-state index in [-0.39, 0.29) is 5.41 Å². The first-order chi connectivity index (χ1) is 23.9. The Morgan fingerprint density at radius 1 is 0.490 bits per heavy atom. The summed E-state index contributed by atoms with van der Waals surface area (Å²) >= 11 is 0. The van der Waals surface area contributed by atoms with Crippen molar-refractivity contribution >= 4 is 55.1 Å². The molecule has 2 aromatic heterocycles. The molecule has 0 bridgehead atoms. The van der Waals surface area contributed by atoms with Gasteiger partial charge in [0, 0.05) is 44.0 Å².